The zero-order valence-electron chi connectivity index (χ0n) is 22.1. The van der Waals surface area contributed by atoms with Crippen molar-refractivity contribution in [2.45, 2.75) is 51.0 Å². The second kappa shape index (κ2) is 17.9. The number of hydrogen-bond donors (Lipinski definition) is 4. The fourth-order valence-corrected chi connectivity index (χ4v) is 4.07. The molecule has 38 heavy (non-hydrogen) atoms. The highest BCUT2D eigenvalue weighted by Crippen LogP contribution is 2.20. The molecule has 0 aliphatic rings. The first-order valence-electron chi connectivity index (χ1n) is 13.2. The van der Waals surface area contributed by atoms with Gasteiger partial charge in [0.25, 0.3) is 0 Å². The molecule has 0 saturated carbocycles. The molecule has 1 aromatic carbocycles. The van der Waals surface area contributed by atoms with Crippen LogP contribution in [0.3, 0.4) is 0 Å². The molecule has 0 aliphatic heterocycles. The van der Waals surface area contributed by atoms with Crippen LogP contribution in [0, 0.1) is 5.92 Å². The third kappa shape index (κ3) is 11.3. The fourth-order valence-electron chi connectivity index (χ4n) is 4.07. The number of esters is 1. The highest BCUT2D eigenvalue weighted by molar-refractivity contribution is 5.86. The number of amides is 2. The molecule has 0 spiro atoms. The standard InChI is InChI=1S/C29H41N3O6/c1-3-5-6-7-13-28(35)38-21-24(18-23-20-31-26-12-9-8-11-25(23)26)32-29(36)22(10-4-2)19-27(34)30-14-16-37-17-15-33/h3-4,8-9,11-12,20,22,24,31,33H,1-2,5-7,10,13-19,21H2,(H,30,34)(H,32,36)/t22-,24-/m0/s1. The Balaban J connectivity index is 2.02. The summed E-state index contributed by atoms with van der Waals surface area (Å²) in [6.07, 6.45) is 8.83. The summed E-state index contributed by atoms with van der Waals surface area (Å²) in [5, 5.41) is 15.5. The maximum atomic E-state index is 13.2. The Bertz CT molecular complexity index is 1030. The van der Waals surface area contributed by atoms with E-state index < -0.39 is 12.0 Å². The number of aromatic nitrogens is 1. The predicted octanol–water partition coefficient (Wildman–Crippen LogP) is 3.19. The van der Waals surface area contributed by atoms with Crippen molar-refractivity contribution < 1.29 is 29.0 Å². The number of fused-ring (bicyclic) bond motifs is 1. The minimum absolute atomic E-state index is 0.0131. The second-order valence-electron chi connectivity index (χ2n) is 9.10. The van der Waals surface area contributed by atoms with Crippen LogP contribution < -0.4 is 10.6 Å². The van der Waals surface area contributed by atoms with Crippen LogP contribution in [0.5, 0.6) is 0 Å². The average Bonchev–Trinajstić information content (AvgIpc) is 3.32. The number of carbonyl (C=O) groups excluding carboxylic acids is 3. The number of allylic oxidation sites excluding steroid dienone is 2. The molecule has 9 nitrogen and oxygen atoms in total. The van der Waals surface area contributed by atoms with Gasteiger partial charge in [-0.3, -0.25) is 14.4 Å². The van der Waals surface area contributed by atoms with Gasteiger partial charge < -0.3 is 30.2 Å². The minimum Gasteiger partial charge on any atom is -0.463 e. The maximum Gasteiger partial charge on any atom is 0.305 e. The summed E-state index contributed by atoms with van der Waals surface area (Å²) in [6, 6.07) is 7.40. The van der Waals surface area contributed by atoms with E-state index in [-0.39, 0.29) is 57.2 Å². The monoisotopic (exact) mass is 527 g/mol. The predicted molar refractivity (Wildman–Crippen MR) is 147 cm³/mol. The lowest BCUT2D eigenvalue weighted by Crippen LogP contribution is -2.44. The van der Waals surface area contributed by atoms with Gasteiger partial charge in [-0.2, -0.15) is 0 Å². The second-order valence-corrected chi connectivity index (χ2v) is 9.10. The lowest BCUT2D eigenvalue weighted by atomic mass is 9.98. The molecular formula is C29H41N3O6. The van der Waals surface area contributed by atoms with Gasteiger partial charge in [-0.25, -0.2) is 0 Å². The van der Waals surface area contributed by atoms with Crippen molar-refractivity contribution in [3.63, 3.8) is 0 Å². The normalized spacial score (nSPS) is 12.4. The van der Waals surface area contributed by atoms with E-state index in [1.807, 2.05) is 36.5 Å². The van der Waals surface area contributed by atoms with Gasteiger partial charge in [0, 0.05) is 36.5 Å². The molecule has 0 bridgehead atoms. The molecule has 0 saturated heterocycles. The lowest BCUT2D eigenvalue weighted by molar-refractivity contribution is -0.145. The van der Waals surface area contributed by atoms with Gasteiger partial charge >= 0.3 is 5.97 Å². The van der Waals surface area contributed by atoms with Gasteiger partial charge in [-0.1, -0.05) is 30.4 Å². The van der Waals surface area contributed by atoms with Crippen LogP contribution >= 0.6 is 0 Å². The van der Waals surface area contributed by atoms with Crippen molar-refractivity contribution in [1.29, 1.82) is 0 Å². The van der Waals surface area contributed by atoms with E-state index in [4.69, 9.17) is 14.6 Å². The number of nitrogens with one attached hydrogen (secondary N) is 3. The number of para-hydroxylation sites is 1. The molecule has 2 amide bonds. The highest BCUT2D eigenvalue weighted by atomic mass is 16.5. The van der Waals surface area contributed by atoms with Gasteiger partial charge in [0.05, 0.1) is 31.8 Å². The summed E-state index contributed by atoms with van der Waals surface area (Å²) < 4.78 is 10.7. The van der Waals surface area contributed by atoms with Crippen LogP contribution in [-0.2, 0) is 30.3 Å². The molecule has 0 unspecified atom stereocenters. The Morgan fingerprint density at radius 2 is 1.92 bits per heavy atom. The average molecular weight is 528 g/mol. The third-order valence-corrected chi connectivity index (χ3v) is 6.03. The Labute approximate surface area is 224 Å². The Hall–Kier alpha value is -3.43. The van der Waals surface area contributed by atoms with Crippen LogP contribution in [0.25, 0.3) is 10.9 Å². The summed E-state index contributed by atoms with van der Waals surface area (Å²) in [5.41, 5.74) is 1.98. The number of aliphatic hydroxyl groups excluding tert-OH is 1. The molecule has 0 radical (unpaired) electrons. The first kappa shape index (κ1) is 30.8. The van der Waals surface area contributed by atoms with Crippen molar-refractivity contribution in [3.05, 3.63) is 61.3 Å². The number of aromatic amines is 1. The topological polar surface area (TPSA) is 130 Å². The molecule has 4 N–H and O–H groups in total. The van der Waals surface area contributed by atoms with Gasteiger partial charge in [0.15, 0.2) is 0 Å². The Kier molecular flexibility index (Phi) is 14.5. The van der Waals surface area contributed by atoms with Crippen molar-refractivity contribution in [2.24, 2.45) is 5.92 Å². The van der Waals surface area contributed by atoms with Gasteiger partial charge in [0.2, 0.25) is 11.8 Å². The largest absolute Gasteiger partial charge is 0.463 e. The highest BCUT2D eigenvalue weighted by Gasteiger charge is 2.25. The maximum absolute atomic E-state index is 13.2. The van der Waals surface area contributed by atoms with Crippen LogP contribution in [0.15, 0.2) is 55.8 Å². The zero-order valence-corrected chi connectivity index (χ0v) is 22.1. The van der Waals surface area contributed by atoms with Gasteiger partial charge in [-0.15, -0.1) is 13.2 Å². The summed E-state index contributed by atoms with van der Waals surface area (Å²) in [6.45, 7) is 8.12. The molecule has 0 fully saturated rings. The molecular weight excluding hydrogens is 486 g/mol. The molecule has 2 aromatic rings. The van der Waals surface area contributed by atoms with E-state index in [1.54, 1.807) is 6.08 Å². The van der Waals surface area contributed by atoms with Crippen LogP contribution in [0.2, 0.25) is 0 Å². The van der Waals surface area contributed by atoms with Crippen molar-refractivity contribution in [3.8, 4) is 0 Å². The van der Waals surface area contributed by atoms with E-state index in [0.717, 1.165) is 29.3 Å². The molecule has 0 aliphatic carbocycles. The molecule has 1 heterocycles. The molecule has 208 valence electrons. The van der Waals surface area contributed by atoms with Crippen molar-refractivity contribution in [2.75, 3.05) is 33.0 Å². The number of ether oxygens (including phenoxy) is 2. The number of rotatable bonds is 20. The summed E-state index contributed by atoms with van der Waals surface area (Å²) >= 11 is 0. The molecule has 1 aromatic heterocycles. The van der Waals surface area contributed by atoms with Crippen molar-refractivity contribution >= 4 is 28.7 Å². The summed E-state index contributed by atoms with van der Waals surface area (Å²) in [7, 11) is 0. The fraction of sp³-hybridized carbons (Fsp3) is 0.483. The van der Waals surface area contributed by atoms with E-state index in [2.05, 4.69) is 28.8 Å². The third-order valence-electron chi connectivity index (χ3n) is 6.03. The van der Waals surface area contributed by atoms with E-state index in [1.165, 1.54) is 0 Å². The van der Waals surface area contributed by atoms with Crippen LogP contribution in [0.1, 0.15) is 44.1 Å². The van der Waals surface area contributed by atoms with Gasteiger partial charge in [0.1, 0.15) is 6.61 Å². The number of aliphatic hydroxyl groups is 1. The summed E-state index contributed by atoms with van der Waals surface area (Å²) in [5.74, 6) is -1.51. The quantitative estimate of drug-likeness (QED) is 0.119. The SMILES string of the molecule is C=CCCCCC(=O)OC[C@H](Cc1c[nH]c2ccccc12)NC(=O)[C@@H](CC=C)CC(=O)NCCOCCO. The van der Waals surface area contributed by atoms with Crippen LogP contribution in [-0.4, -0.2) is 66.9 Å². The number of H-pyrrole nitrogens is 1. The van der Waals surface area contributed by atoms with E-state index in [0.29, 0.717) is 25.7 Å². The Morgan fingerprint density at radius 1 is 1.11 bits per heavy atom. The number of hydrogen-bond acceptors (Lipinski definition) is 6. The lowest BCUT2D eigenvalue weighted by Gasteiger charge is -2.22. The zero-order chi connectivity index (χ0) is 27.6. The molecule has 9 heteroatoms. The minimum atomic E-state index is -0.620. The van der Waals surface area contributed by atoms with E-state index >= 15 is 0 Å². The first-order valence-corrected chi connectivity index (χ1v) is 13.2. The van der Waals surface area contributed by atoms with Crippen molar-refractivity contribution in [1.82, 2.24) is 15.6 Å². The first-order chi connectivity index (χ1) is 18.5. The number of carbonyl (C=O) groups is 3. The summed E-state index contributed by atoms with van der Waals surface area (Å²) in [4.78, 5) is 41.2. The van der Waals surface area contributed by atoms with Crippen LogP contribution in [0.4, 0.5) is 0 Å². The molecule has 2 atom stereocenters. The Morgan fingerprint density at radius 3 is 2.68 bits per heavy atom. The van der Waals surface area contributed by atoms with Gasteiger partial charge in [-0.05, 0) is 43.7 Å². The number of unbranched alkanes of at least 4 members (excludes halogenated alkanes) is 2. The smallest absolute Gasteiger partial charge is 0.305 e. The number of benzene rings is 1. The van der Waals surface area contributed by atoms with E-state index in [9.17, 15) is 14.4 Å². The molecule has 2 rings (SSSR count).